The third kappa shape index (κ3) is 3.43. The fourth-order valence-corrected chi connectivity index (χ4v) is 4.04. The molecule has 29 heavy (non-hydrogen) atoms. The van der Waals surface area contributed by atoms with E-state index in [1.807, 2.05) is 36.4 Å². The molecule has 0 radical (unpaired) electrons. The molecule has 146 valence electrons. The van der Waals surface area contributed by atoms with Gasteiger partial charge in [0.05, 0.1) is 0 Å². The molecule has 4 rings (SSSR count). The number of fused-ring (bicyclic) bond motifs is 2. The Morgan fingerprint density at radius 2 is 1.72 bits per heavy atom. The number of benzene rings is 3. The Kier molecular flexibility index (Phi) is 5.16. The van der Waals surface area contributed by atoms with Crippen LogP contribution in [0.2, 0.25) is 0 Å². The Morgan fingerprint density at radius 1 is 0.966 bits per heavy atom. The van der Waals surface area contributed by atoms with E-state index in [1.54, 1.807) is 6.07 Å². The highest BCUT2D eigenvalue weighted by molar-refractivity contribution is 6.68. The molecule has 0 saturated carbocycles. The van der Waals surface area contributed by atoms with Crippen molar-refractivity contribution in [3.05, 3.63) is 87.8 Å². The summed E-state index contributed by atoms with van der Waals surface area (Å²) in [5.74, 6) is 1.49. The van der Waals surface area contributed by atoms with Crippen LogP contribution >= 0.6 is 11.6 Å². The van der Waals surface area contributed by atoms with Gasteiger partial charge in [-0.05, 0) is 60.5 Å². The molecule has 3 aromatic carbocycles. The summed E-state index contributed by atoms with van der Waals surface area (Å²) >= 11 is 5.91. The summed E-state index contributed by atoms with van der Waals surface area (Å²) in [6.45, 7) is 10.1. The Hall–Kier alpha value is -3.04. The second-order valence-electron chi connectivity index (χ2n) is 6.98. The lowest BCUT2D eigenvalue weighted by Gasteiger charge is -2.26. The van der Waals surface area contributed by atoms with Gasteiger partial charge in [-0.15, -0.1) is 0 Å². The monoisotopic (exact) mass is 403 g/mol. The molecule has 1 aliphatic rings. The lowest BCUT2D eigenvalue weighted by atomic mass is 9.90. The van der Waals surface area contributed by atoms with Crippen molar-refractivity contribution < 1.29 is 9.53 Å². The zero-order chi connectivity index (χ0) is 20.5. The highest BCUT2D eigenvalue weighted by Crippen LogP contribution is 2.39. The van der Waals surface area contributed by atoms with Gasteiger partial charge in [-0.3, -0.25) is 4.79 Å². The quantitative estimate of drug-likeness (QED) is 0.453. The maximum atomic E-state index is 12.1. The molecule has 3 aromatic rings. The molecule has 0 amide bonds. The van der Waals surface area contributed by atoms with Gasteiger partial charge in [0, 0.05) is 46.8 Å². The molecule has 0 atom stereocenters. The van der Waals surface area contributed by atoms with E-state index in [2.05, 4.69) is 43.5 Å². The Balaban J connectivity index is 2.04. The fourth-order valence-electron chi connectivity index (χ4n) is 3.87. The summed E-state index contributed by atoms with van der Waals surface area (Å²) in [6, 6.07) is 19.5. The van der Waals surface area contributed by atoms with E-state index in [0.717, 1.165) is 57.4 Å². The maximum absolute atomic E-state index is 12.1. The smallest absolute Gasteiger partial charge is 0.253 e. The van der Waals surface area contributed by atoms with E-state index < -0.39 is 5.24 Å². The van der Waals surface area contributed by atoms with Crippen LogP contribution in [-0.2, 0) is 0 Å². The van der Waals surface area contributed by atoms with Gasteiger partial charge in [-0.1, -0.05) is 36.9 Å². The molecule has 0 aromatic heterocycles. The van der Waals surface area contributed by atoms with Crippen LogP contribution in [0.15, 0.2) is 60.7 Å². The SMILES string of the molecule is C=c1ccc2c(c1)Oc1cc(N(CC)CC)ccc1C=2c1ccccc1C(=O)Cl. The van der Waals surface area contributed by atoms with Gasteiger partial charge in [-0.2, -0.15) is 0 Å². The topological polar surface area (TPSA) is 29.5 Å². The van der Waals surface area contributed by atoms with Crippen LogP contribution in [0.1, 0.15) is 35.3 Å². The largest absolute Gasteiger partial charge is 0.456 e. The molecular formula is C25H22ClNO2. The predicted octanol–water partition coefficient (Wildman–Crippen LogP) is 4.68. The molecule has 4 heteroatoms. The average molecular weight is 404 g/mol. The second-order valence-corrected chi connectivity index (χ2v) is 7.32. The molecule has 0 unspecified atom stereocenters. The molecule has 0 aliphatic carbocycles. The van der Waals surface area contributed by atoms with Gasteiger partial charge in [0.25, 0.3) is 5.24 Å². The van der Waals surface area contributed by atoms with Crippen molar-refractivity contribution in [3.63, 3.8) is 0 Å². The van der Waals surface area contributed by atoms with Crippen LogP contribution < -0.4 is 20.1 Å². The number of rotatable bonds is 5. The summed E-state index contributed by atoms with van der Waals surface area (Å²) in [7, 11) is 0. The van der Waals surface area contributed by atoms with E-state index >= 15 is 0 Å². The Bertz CT molecular complexity index is 1210. The maximum Gasteiger partial charge on any atom is 0.253 e. The summed E-state index contributed by atoms with van der Waals surface area (Å²) in [5, 5.41) is 1.32. The first kappa shape index (κ1) is 19.3. The molecule has 0 spiro atoms. The van der Waals surface area contributed by atoms with Crippen LogP contribution in [-0.4, -0.2) is 18.3 Å². The molecule has 0 saturated heterocycles. The van der Waals surface area contributed by atoms with Crippen molar-refractivity contribution in [3.8, 4) is 11.5 Å². The van der Waals surface area contributed by atoms with Crippen LogP contribution in [0, 0.1) is 0 Å². The summed E-state index contributed by atoms with van der Waals surface area (Å²) in [4.78, 5) is 14.4. The van der Waals surface area contributed by atoms with Gasteiger partial charge < -0.3 is 9.64 Å². The molecule has 0 N–H and O–H groups in total. The van der Waals surface area contributed by atoms with Gasteiger partial charge >= 0.3 is 0 Å². The van der Waals surface area contributed by atoms with Crippen LogP contribution in [0.25, 0.3) is 12.2 Å². The van der Waals surface area contributed by atoms with E-state index in [1.165, 1.54) is 0 Å². The summed E-state index contributed by atoms with van der Waals surface area (Å²) < 4.78 is 6.28. The molecule has 0 fully saturated rings. The van der Waals surface area contributed by atoms with Crippen LogP contribution in [0.5, 0.6) is 11.5 Å². The summed E-state index contributed by atoms with van der Waals surface area (Å²) in [6.07, 6.45) is 0. The van der Waals surface area contributed by atoms with E-state index in [-0.39, 0.29) is 0 Å². The minimum atomic E-state index is -0.476. The van der Waals surface area contributed by atoms with Crippen molar-refractivity contribution in [2.24, 2.45) is 0 Å². The number of hydrogen-bond donors (Lipinski definition) is 0. The molecule has 0 bridgehead atoms. The van der Waals surface area contributed by atoms with Crippen molar-refractivity contribution in [1.29, 1.82) is 0 Å². The Morgan fingerprint density at radius 3 is 2.45 bits per heavy atom. The fraction of sp³-hybridized carbons (Fsp3) is 0.160. The molecule has 3 nitrogen and oxygen atoms in total. The number of hydrogen-bond acceptors (Lipinski definition) is 3. The first-order valence-electron chi connectivity index (χ1n) is 9.73. The van der Waals surface area contributed by atoms with Crippen molar-refractivity contribution in [1.82, 2.24) is 0 Å². The van der Waals surface area contributed by atoms with E-state index in [4.69, 9.17) is 16.3 Å². The summed E-state index contributed by atoms with van der Waals surface area (Å²) in [5.41, 5.74) is 4.26. The number of anilines is 1. The molecule has 1 aliphatic heterocycles. The predicted molar refractivity (Wildman–Crippen MR) is 120 cm³/mol. The molecule has 1 heterocycles. The number of halogens is 1. The standard InChI is InChI=1S/C25H22ClNO2/c1-4-27(5-2)17-11-13-21-23(15-17)29-22-14-16(3)10-12-20(22)24(21)18-8-6-7-9-19(18)25(26)28/h6-15H,3-5H2,1-2H3. The van der Waals surface area contributed by atoms with Gasteiger partial charge in [0.1, 0.15) is 11.5 Å². The lowest BCUT2D eigenvalue weighted by molar-refractivity contribution is 0.108. The third-order valence-electron chi connectivity index (χ3n) is 5.31. The van der Waals surface area contributed by atoms with E-state index in [9.17, 15) is 4.79 Å². The minimum absolute atomic E-state index is 0.476. The first-order valence-corrected chi connectivity index (χ1v) is 10.1. The highest BCUT2D eigenvalue weighted by Gasteiger charge is 2.23. The van der Waals surface area contributed by atoms with Crippen LogP contribution in [0.4, 0.5) is 5.69 Å². The van der Waals surface area contributed by atoms with Crippen molar-refractivity contribution in [2.75, 3.05) is 18.0 Å². The lowest BCUT2D eigenvalue weighted by Crippen LogP contribution is -2.23. The first-order chi connectivity index (χ1) is 14.0. The number of carbonyl (C=O) groups is 1. The minimum Gasteiger partial charge on any atom is -0.456 e. The van der Waals surface area contributed by atoms with Gasteiger partial charge in [-0.25, -0.2) is 0 Å². The normalized spacial score (nSPS) is 12.0. The molecular weight excluding hydrogens is 382 g/mol. The van der Waals surface area contributed by atoms with Gasteiger partial charge in [0.15, 0.2) is 0 Å². The Labute approximate surface area is 175 Å². The number of nitrogens with zero attached hydrogens (tertiary/aromatic N) is 1. The van der Waals surface area contributed by atoms with Gasteiger partial charge in [0.2, 0.25) is 0 Å². The van der Waals surface area contributed by atoms with Crippen molar-refractivity contribution in [2.45, 2.75) is 13.8 Å². The number of carbonyl (C=O) groups excluding carboxylic acids is 1. The third-order valence-corrected chi connectivity index (χ3v) is 5.51. The zero-order valence-corrected chi connectivity index (χ0v) is 17.3. The number of ether oxygens (including phenoxy) is 1. The second kappa shape index (κ2) is 7.76. The average Bonchev–Trinajstić information content (AvgIpc) is 2.72. The van der Waals surface area contributed by atoms with Crippen LogP contribution in [0.3, 0.4) is 0 Å². The van der Waals surface area contributed by atoms with E-state index in [0.29, 0.717) is 5.56 Å². The van der Waals surface area contributed by atoms with Crippen molar-refractivity contribution >= 4 is 34.7 Å². The highest BCUT2D eigenvalue weighted by atomic mass is 35.5. The zero-order valence-electron chi connectivity index (χ0n) is 16.5.